The highest BCUT2D eigenvalue weighted by Crippen LogP contribution is 2.37. The lowest BCUT2D eigenvalue weighted by Gasteiger charge is -2.37. The van der Waals surface area contributed by atoms with Gasteiger partial charge in [-0.15, -0.1) is 0 Å². The first-order chi connectivity index (χ1) is 14.3. The van der Waals surface area contributed by atoms with Crippen LogP contribution in [0.4, 0.5) is 0 Å². The van der Waals surface area contributed by atoms with Crippen LogP contribution in [0, 0.1) is 0 Å². The Kier molecular flexibility index (Phi) is 4.53. The predicted molar refractivity (Wildman–Crippen MR) is 117 cm³/mol. The predicted octanol–water partition coefficient (Wildman–Crippen LogP) is 5.43. The van der Waals surface area contributed by atoms with Crippen LogP contribution in [-0.2, 0) is 10.3 Å². The van der Waals surface area contributed by atoms with Crippen LogP contribution in [0.2, 0.25) is 0 Å². The molecule has 0 amide bonds. The summed E-state index contributed by atoms with van der Waals surface area (Å²) in [6.07, 6.45) is 1.54. The van der Waals surface area contributed by atoms with Crippen molar-refractivity contribution in [2.24, 2.45) is 0 Å². The molecule has 0 radical (unpaired) electrons. The van der Waals surface area contributed by atoms with Gasteiger partial charge in [-0.3, -0.25) is 0 Å². The summed E-state index contributed by atoms with van der Waals surface area (Å²) in [6.45, 7) is 1.66. The molecule has 1 saturated heterocycles. The summed E-state index contributed by atoms with van der Waals surface area (Å²) >= 11 is 0. The topological polar surface area (TPSA) is 38.3 Å². The highest BCUT2D eigenvalue weighted by Gasteiger charge is 2.38. The zero-order chi connectivity index (χ0) is 19.7. The second-order valence-corrected chi connectivity index (χ2v) is 7.69. The Labute approximate surface area is 170 Å². The molecule has 3 nitrogen and oxygen atoms in total. The van der Waals surface area contributed by atoms with Gasteiger partial charge in [-0.2, -0.15) is 0 Å². The molecule has 0 atom stereocenters. The lowest BCUT2D eigenvalue weighted by Crippen LogP contribution is -2.43. The van der Waals surface area contributed by atoms with Gasteiger partial charge in [-0.1, -0.05) is 78.9 Å². The van der Waals surface area contributed by atoms with Crippen LogP contribution in [0.25, 0.3) is 21.5 Å². The zero-order valence-electron chi connectivity index (χ0n) is 16.2. The number of rotatable bonds is 3. The number of hydrogen-bond acceptors (Lipinski definition) is 3. The lowest BCUT2D eigenvalue weighted by atomic mass is 9.84. The number of carbonyl (C=O) groups excluding carboxylic acids is 1. The van der Waals surface area contributed by atoms with E-state index in [1.54, 1.807) is 0 Å². The molecule has 0 aromatic heterocycles. The SMILES string of the molecule is O=C(OC1(c2ccccc2)CCNCC1)c1c2ccccc2cc2ccccc12. The molecule has 5 rings (SSSR count). The molecular weight excluding hydrogens is 358 g/mol. The van der Waals surface area contributed by atoms with E-state index in [0.29, 0.717) is 5.56 Å². The van der Waals surface area contributed by atoms with Crippen LogP contribution in [0.15, 0.2) is 84.9 Å². The van der Waals surface area contributed by atoms with Crippen LogP contribution in [-0.4, -0.2) is 19.1 Å². The van der Waals surface area contributed by atoms with E-state index in [4.69, 9.17) is 4.74 Å². The van der Waals surface area contributed by atoms with Crippen molar-refractivity contribution in [3.63, 3.8) is 0 Å². The summed E-state index contributed by atoms with van der Waals surface area (Å²) in [5.74, 6) is -0.247. The second-order valence-electron chi connectivity index (χ2n) is 7.69. The summed E-state index contributed by atoms with van der Waals surface area (Å²) in [4.78, 5) is 13.7. The molecule has 3 heteroatoms. The minimum atomic E-state index is -0.596. The number of fused-ring (bicyclic) bond motifs is 2. The van der Waals surface area contributed by atoms with E-state index >= 15 is 0 Å². The third-order valence-electron chi connectivity index (χ3n) is 5.97. The molecule has 0 spiro atoms. The van der Waals surface area contributed by atoms with Crippen molar-refractivity contribution in [2.45, 2.75) is 18.4 Å². The number of benzene rings is 4. The maximum Gasteiger partial charge on any atom is 0.340 e. The van der Waals surface area contributed by atoms with Crippen molar-refractivity contribution in [3.8, 4) is 0 Å². The van der Waals surface area contributed by atoms with Gasteiger partial charge in [-0.25, -0.2) is 4.79 Å². The molecule has 0 bridgehead atoms. The fourth-order valence-corrected chi connectivity index (χ4v) is 4.48. The Morgan fingerprint density at radius 3 is 1.93 bits per heavy atom. The van der Waals surface area contributed by atoms with Crippen LogP contribution in [0.5, 0.6) is 0 Å². The van der Waals surface area contributed by atoms with Crippen LogP contribution in [0.1, 0.15) is 28.8 Å². The van der Waals surface area contributed by atoms with E-state index in [9.17, 15) is 4.79 Å². The smallest absolute Gasteiger partial charge is 0.340 e. The minimum absolute atomic E-state index is 0.247. The third-order valence-corrected chi connectivity index (χ3v) is 5.97. The minimum Gasteiger partial charge on any atom is -0.450 e. The highest BCUT2D eigenvalue weighted by atomic mass is 16.6. The fraction of sp³-hybridized carbons (Fsp3) is 0.192. The molecule has 1 N–H and O–H groups in total. The van der Waals surface area contributed by atoms with Crippen molar-refractivity contribution >= 4 is 27.5 Å². The van der Waals surface area contributed by atoms with Crippen molar-refractivity contribution in [2.75, 3.05) is 13.1 Å². The molecule has 0 aliphatic carbocycles. The highest BCUT2D eigenvalue weighted by molar-refractivity contribution is 6.16. The molecule has 29 heavy (non-hydrogen) atoms. The van der Waals surface area contributed by atoms with Crippen LogP contribution >= 0.6 is 0 Å². The van der Waals surface area contributed by atoms with Gasteiger partial charge in [0.2, 0.25) is 0 Å². The van der Waals surface area contributed by atoms with E-state index in [2.05, 4.69) is 35.6 Å². The molecule has 0 unspecified atom stereocenters. The van der Waals surface area contributed by atoms with Gasteiger partial charge in [-0.05, 0) is 46.3 Å². The lowest BCUT2D eigenvalue weighted by molar-refractivity contribution is -0.0374. The Hall–Kier alpha value is -3.17. The van der Waals surface area contributed by atoms with Gasteiger partial charge in [0.1, 0.15) is 5.60 Å². The quantitative estimate of drug-likeness (QED) is 0.380. The molecular formula is C26H23NO2. The largest absolute Gasteiger partial charge is 0.450 e. The maximum atomic E-state index is 13.7. The number of ether oxygens (including phenoxy) is 1. The van der Waals surface area contributed by atoms with Gasteiger partial charge in [0.15, 0.2) is 0 Å². The van der Waals surface area contributed by atoms with Crippen molar-refractivity contribution in [3.05, 3.63) is 96.1 Å². The summed E-state index contributed by atoms with van der Waals surface area (Å²) in [7, 11) is 0. The average Bonchev–Trinajstić information content (AvgIpc) is 2.78. The van der Waals surface area contributed by atoms with Crippen molar-refractivity contribution in [1.29, 1.82) is 0 Å². The normalized spacial score (nSPS) is 16.0. The first-order valence-corrected chi connectivity index (χ1v) is 10.2. The molecule has 4 aromatic rings. The fourth-order valence-electron chi connectivity index (χ4n) is 4.48. The van der Waals surface area contributed by atoms with Gasteiger partial charge in [0, 0.05) is 12.8 Å². The third kappa shape index (κ3) is 3.18. The molecule has 1 aliphatic rings. The van der Waals surface area contributed by atoms with Gasteiger partial charge >= 0.3 is 5.97 Å². The molecule has 1 fully saturated rings. The maximum absolute atomic E-state index is 13.7. The van der Waals surface area contributed by atoms with E-state index in [1.165, 1.54) is 0 Å². The van der Waals surface area contributed by atoms with E-state index in [1.807, 2.05) is 54.6 Å². The first-order valence-electron chi connectivity index (χ1n) is 10.2. The van der Waals surface area contributed by atoms with Crippen molar-refractivity contribution in [1.82, 2.24) is 5.32 Å². The summed E-state index contributed by atoms with van der Waals surface area (Å²) in [5, 5.41) is 7.37. The number of carbonyl (C=O) groups is 1. The van der Waals surface area contributed by atoms with Gasteiger partial charge in [0.05, 0.1) is 5.56 Å². The number of piperidine rings is 1. The molecule has 1 heterocycles. The van der Waals surface area contributed by atoms with Gasteiger partial charge in [0.25, 0.3) is 0 Å². The van der Waals surface area contributed by atoms with E-state index in [-0.39, 0.29) is 5.97 Å². The number of nitrogens with one attached hydrogen (secondary N) is 1. The number of hydrogen-bond donors (Lipinski definition) is 1. The first kappa shape index (κ1) is 17.9. The summed E-state index contributed by atoms with van der Waals surface area (Å²) in [6, 6.07) is 28.4. The summed E-state index contributed by atoms with van der Waals surface area (Å²) < 4.78 is 6.39. The van der Waals surface area contributed by atoms with Crippen LogP contribution < -0.4 is 5.32 Å². The Bertz CT molecular complexity index is 1120. The van der Waals surface area contributed by atoms with Crippen molar-refractivity contribution < 1.29 is 9.53 Å². The monoisotopic (exact) mass is 381 g/mol. The second kappa shape index (κ2) is 7.34. The Morgan fingerprint density at radius 2 is 1.31 bits per heavy atom. The van der Waals surface area contributed by atoms with Crippen LogP contribution in [0.3, 0.4) is 0 Å². The molecule has 0 saturated carbocycles. The van der Waals surface area contributed by atoms with Gasteiger partial charge < -0.3 is 10.1 Å². The van der Waals surface area contributed by atoms with E-state index < -0.39 is 5.60 Å². The number of esters is 1. The standard InChI is InChI=1S/C26H23NO2/c28-25(29-26(14-16-27-17-15-26)21-10-2-1-3-11-21)24-22-12-6-4-8-19(22)18-20-9-5-7-13-23(20)24/h1-13,18,27H,14-17H2. The Morgan fingerprint density at radius 1 is 0.759 bits per heavy atom. The molecule has 4 aromatic carbocycles. The average molecular weight is 381 g/mol. The molecule has 1 aliphatic heterocycles. The Balaban J connectivity index is 1.65. The zero-order valence-corrected chi connectivity index (χ0v) is 16.2. The van der Waals surface area contributed by atoms with E-state index in [0.717, 1.165) is 53.0 Å². The molecule has 144 valence electrons. The summed E-state index contributed by atoms with van der Waals surface area (Å²) in [5.41, 5.74) is 1.13.